The summed E-state index contributed by atoms with van der Waals surface area (Å²) < 4.78 is 5.53. The average Bonchev–Trinajstić information content (AvgIpc) is 3.19. The number of aromatic nitrogens is 4. The second-order valence-electron chi connectivity index (χ2n) is 4.80. The molecule has 2 N–H and O–H groups in total. The van der Waals surface area contributed by atoms with E-state index in [4.69, 9.17) is 39.8 Å². The zero-order valence-corrected chi connectivity index (χ0v) is 15.0. The summed E-state index contributed by atoms with van der Waals surface area (Å²) in [4.78, 5) is 13.4. The number of thiocarbonyl (C=S) groups is 1. The number of carbonyl (C=O) groups is 1. The fourth-order valence-corrected chi connectivity index (χ4v) is 2.38. The van der Waals surface area contributed by atoms with Crippen LogP contribution in [-0.4, -0.2) is 31.2 Å². The Kier molecular flexibility index (Phi) is 4.98. The van der Waals surface area contributed by atoms with Gasteiger partial charge in [-0.05, 0) is 47.8 Å². The van der Waals surface area contributed by atoms with Crippen LogP contribution in [0.5, 0.6) is 0 Å². The van der Waals surface area contributed by atoms with Gasteiger partial charge in [-0.2, -0.15) is 4.80 Å². The number of tetrazole rings is 1. The Hall–Kier alpha value is -2.49. The number of furan rings is 1. The minimum atomic E-state index is -0.521. The Labute approximate surface area is 157 Å². The van der Waals surface area contributed by atoms with Gasteiger partial charge >= 0.3 is 0 Å². The highest BCUT2D eigenvalue weighted by Gasteiger charge is 2.15. The molecule has 0 unspecified atom stereocenters. The lowest BCUT2D eigenvalue weighted by Gasteiger charge is -2.04. The summed E-state index contributed by atoms with van der Waals surface area (Å²) in [5.74, 6) is 0.201. The Balaban J connectivity index is 1.67. The smallest absolute Gasteiger partial charge is 0.293 e. The first kappa shape index (κ1) is 17.3. The van der Waals surface area contributed by atoms with Crippen molar-refractivity contribution in [2.24, 2.45) is 7.05 Å². The number of nitrogens with zero attached hydrogens (tertiary/aromatic N) is 4. The van der Waals surface area contributed by atoms with Crippen LogP contribution >= 0.6 is 35.4 Å². The molecule has 128 valence electrons. The van der Waals surface area contributed by atoms with E-state index in [0.29, 0.717) is 21.4 Å². The fraction of sp³-hybridized carbons (Fsp3) is 0.0714. The van der Waals surface area contributed by atoms with Gasteiger partial charge in [0.2, 0.25) is 0 Å². The molecule has 0 fully saturated rings. The second-order valence-corrected chi connectivity index (χ2v) is 6.03. The second kappa shape index (κ2) is 7.18. The highest BCUT2D eigenvalue weighted by molar-refractivity contribution is 7.80. The molecule has 11 heteroatoms. The Morgan fingerprint density at radius 3 is 2.72 bits per heavy atom. The van der Waals surface area contributed by atoms with Crippen molar-refractivity contribution in [3.05, 3.63) is 46.1 Å². The summed E-state index contributed by atoms with van der Waals surface area (Å²) in [6.45, 7) is 0. The van der Waals surface area contributed by atoms with E-state index in [2.05, 4.69) is 26.0 Å². The van der Waals surface area contributed by atoms with Crippen LogP contribution in [0, 0.1) is 0 Å². The Morgan fingerprint density at radius 1 is 1.24 bits per heavy atom. The third-order valence-corrected chi connectivity index (χ3v) is 3.94. The molecule has 0 radical (unpaired) electrons. The van der Waals surface area contributed by atoms with E-state index in [9.17, 15) is 4.79 Å². The number of carbonyl (C=O) groups excluding carboxylic acids is 1. The zero-order valence-electron chi connectivity index (χ0n) is 12.7. The van der Waals surface area contributed by atoms with Crippen LogP contribution in [0.25, 0.3) is 11.3 Å². The molecule has 0 aliphatic heterocycles. The van der Waals surface area contributed by atoms with Crippen molar-refractivity contribution < 1.29 is 9.21 Å². The van der Waals surface area contributed by atoms with E-state index >= 15 is 0 Å². The SMILES string of the molecule is Cn1nnc(NC(=S)NC(=O)c2ccc(-c3ccc(Cl)c(Cl)c3)o2)n1. The fourth-order valence-electron chi connectivity index (χ4n) is 1.90. The van der Waals surface area contributed by atoms with E-state index < -0.39 is 5.91 Å². The van der Waals surface area contributed by atoms with Crippen molar-refractivity contribution in [2.45, 2.75) is 0 Å². The van der Waals surface area contributed by atoms with Gasteiger partial charge in [-0.25, -0.2) is 0 Å². The number of aryl methyl sites for hydroxylation is 1. The molecule has 3 aromatic rings. The van der Waals surface area contributed by atoms with Crippen LogP contribution in [0.3, 0.4) is 0 Å². The van der Waals surface area contributed by atoms with Crippen LogP contribution in [0.15, 0.2) is 34.7 Å². The summed E-state index contributed by atoms with van der Waals surface area (Å²) in [5, 5.41) is 17.2. The first-order chi connectivity index (χ1) is 11.9. The number of hydrogen-bond donors (Lipinski definition) is 2. The molecular formula is C14H10Cl2N6O2S. The third kappa shape index (κ3) is 4.13. The Morgan fingerprint density at radius 2 is 2.04 bits per heavy atom. The van der Waals surface area contributed by atoms with Crippen molar-refractivity contribution in [3.63, 3.8) is 0 Å². The van der Waals surface area contributed by atoms with E-state index in [0.717, 1.165) is 0 Å². The van der Waals surface area contributed by atoms with Crippen LogP contribution in [-0.2, 0) is 7.05 Å². The van der Waals surface area contributed by atoms with Crippen LogP contribution in [0.2, 0.25) is 10.0 Å². The molecule has 1 amide bonds. The third-order valence-electron chi connectivity index (χ3n) is 2.99. The van der Waals surface area contributed by atoms with Gasteiger partial charge in [-0.1, -0.05) is 28.3 Å². The monoisotopic (exact) mass is 396 g/mol. The lowest BCUT2D eigenvalue weighted by atomic mass is 10.2. The predicted molar refractivity (Wildman–Crippen MR) is 96.6 cm³/mol. The largest absolute Gasteiger partial charge is 0.451 e. The molecule has 25 heavy (non-hydrogen) atoms. The van der Waals surface area contributed by atoms with Gasteiger partial charge < -0.3 is 4.42 Å². The van der Waals surface area contributed by atoms with E-state index in [1.165, 1.54) is 10.9 Å². The maximum Gasteiger partial charge on any atom is 0.293 e. The van der Waals surface area contributed by atoms with Gasteiger partial charge in [0.25, 0.3) is 11.9 Å². The maximum absolute atomic E-state index is 12.2. The van der Waals surface area contributed by atoms with Gasteiger partial charge in [0.05, 0.1) is 17.1 Å². The van der Waals surface area contributed by atoms with Gasteiger partial charge in [-0.3, -0.25) is 15.4 Å². The highest BCUT2D eigenvalue weighted by atomic mass is 35.5. The van der Waals surface area contributed by atoms with Gasteiger partial charge in [0, 0.05) is 5.56 Å². The van der Waals surface area contributed by atoms with Crippen LogP contribution in [0.4, 0.5) is 5.95 Å². The number of rotatable bonds is 3. The first-order valence-electron chi connectivity index (χ1n) is 6.84. The topological polar surface area (TPSA) is 97.9 Å². The molecule has 2 aromatic heterocycles. The van der Waals surface area contributed by atoms with Crippen molar-refractivity contribution in [3.8, 4) is 11.3 Å². The predicted octanol–water partition coefficient (Wildman–Crippen LogP) is 2.90. The number of anilines is 1. The standard InChI is InChI=1S/C14H10Cl2N6O2S/c1-22-20-13(19-21-22)18-14(25)17-12(23)11-5-4-10(24-11)7-2-3-8(15)9(16)6-7/h2-6H,1H3,(H2,17,18,20,23,25). The minimum Gasteiger partial charge on any atom is -0.451 e. The molecule has 0 saturated carbocycles. The van der Waals surface area contributed by atoms with E-state index in [1.54, 1.807) is 31.3 Å². The number of halogens is 2. The van der Waals surface area contributed by atoms with Crippen molar-refractivity contribution in [1.82, 2.24) is 25.5 Å². The molecule has 1 aromatic carbocycles. The lowest BCUT2D eigenvalue weighted by Crippen LogP contribution is -2.34. The highest BCUT2D eigenvalue weighted by Crippen LogP contribution is 2.29. The molecule has 8 nitrogen and oxygen atoms in total. The normalized spacial score (nSPS) is 10.5. The first-order valence-corrected chi connectivity index (χ1v) is 8.00. The van der Waals surface area contributed by atoms with Gasteiger partial charge in [0.1, 0.15) is 5.76 Å². The summed E-state index contributed by atoms with van der Waals surface area (Å²) in [6, 6.07) is 8.21. The number of hydrogen-bond acceptors (Lipinski definition) is 6. The van der Waals surface area contributed by atoms with E-state index in [1.807, 2.05) is 0 Å². The number of nitrogens with one attached hydrogen (secondary N) is 2. The summed E-state index contributed by atoms with van der Waals surface area (Å²) >= 11 is 16.9. The number of amides is 1. The van der Waals surface area contributed by atoms with Crippen molar-refractivity contribution in [1.29, 1.82) is 0 Å². The maximum atomic E-state index is 12.2. The van der Waals surface area contributed by atoms with Crippen molar-refractivity contribution >= 4 is 52.4 Å². The number of benzene rings is 1. The van der Waals surface area contributed by atoms with Gasteiger partial charge in [0.15, 0.2) is 10.9 Å². The Bertz CT molecular complexity index is 954. The van der Waals surface area contributed by atoms with Gasteiger partial charge in [-0.15, -0.1) is 5.10 Å². The van der Waals surface area contributed by atoms with Crippen LogP contribution in [0.1, 0.15) is 10.6 Å². The zero-order chi connectivity index (χ0) is 18.0. The van der Waals surface area contributed by atoms with Crippen LogP contribution < -0.4 is 10.6 Å². The minimum absolute atomic E-state index is 0.0190. The molecule has 3 rings (SSSR count). The molecule has 2 heterocycles. The molecule has 0 aliphatic carbocycles. The summed E-state index contributed by atoms with van der Waals surface area (Å²) in [5.41, 5.74) is 0.693. The summed E-state index contributed by atoms with van der Waals surface area (Å²) in [6.07, 6.45) is 0. The summed E-state index contributed by atoms with van der Waals surface area (Å²) in [7, 11) is 1.60. The lowest BCUT2D eigenvalue weighted by molar-refractivity contribution is 0.0951. The molecule has 0 spiro atoms. The van der Waals surface area contributed by atoms with Crippen molar-refractivity contribution in [2.75, 3.05) is 5.32 Å². The van der Waals surface area contributed by atoms with E-state index in [-0.39, 0.29) is 16.8 Å². The molecule has 0 bridgehead atoms. The quantitative estimate of drug-likeness (QED) is 0.656. The average molecular weight is 397 g/mol. The molecule has 0 saturated heterocycles. The molecular weight excluding hydrogens is 387 g/mol. The molecule has 0 atom stereocenters. The molecule has 0 aliphatic rings.